The fourth-order valence-electron chi connectivity index (χ4n) is 2.76. The molecule has 6 N–H and O–H groups in total. The molecule has 0 saturated heterocycles. The van der Waals surface area contributed by atoms with Crippen molar-refractivity contribution in [3.63, 3.8) is 0 Å². The smallest absolute Gasteiger partial charge is 0.326 e. The van der Waals surface area contributed by atoms with Gasteiger partial charge in [0.15, 0.2) is 15.9 Å². The topological polar surface area (TPSA) is 190 Å². The first-order valence-corrected chi connectivity index (χ1v) is 9.71. The van der Waals surface area contributed by atoms with Gasteiger partial charge in [-0.05, 0) is 42.9 Å². The Morgan fingerprint density at radius 2 is 1.84 bits per heavy atom. The average molecular weight is 458 g/mol. The van der Waals surface area contributed by atoms with Crippen molar-refractivity contribution in [1.82, 2.24) is 25.3 Å². The molecule has 0 spiro atoms. The van der Waals surface area contributed by atoms with Crippen LogP contribution in [0.1, 0.15) is 28.9 Å². The van der Waals surface area contributed by atoms with Gasteiger partial charge in [-0.25, -0.2) is 14.8 Å². The van der Waals surface area contributed by atoms with Crippen molar-refractivity contribution in [1.29, 1.82) is 0 Å². The molecule has 32 heavy (non-hydrogen) atoms. The molecule has 0 bridgehead atoms. The molecular formula is C19H18N6O6S. The molecule has 0 unspecified atom stereocenters. The number of nitrogens with zero attached hydrogens (tertiary/aromatic N) is 2. The third-order valence-corrected chi connectivity index (χ3v) is 4.57. The van der Waals surface area contributed by atoms with Gasteiger partial charge in [0.2, 0.25) is 0 Å². The van der Waals surface area contributed by atoms with E-state index in [4.69, 9.17) is 22.4 Å². The van der Waals surface area contributed by atoms with Crippen molar-refractivity contribution < 1.29 is 24.6 Å². The first-order valence-electron chi connectivity index (χ1n) is 9.30. The summed E-state index contributed by atoms with van der Waals surface area (Å²) in [6, 6.07) is 4.90. The van der Waals surface area contributed by atoms with Gasteiger partial charge in [-0.2, -0.15) is 0 Å². The zero-order chi connectivity index (χ0) is 23.3. The summed E-state index contributed by atoms with van der Waals surface area (Å²) < 4.78 is 0.156. The van der Waals surface area contributed by atoms with Crippen LogP contribution in [0.5, 0.6) is 0 Å². The minimum Gasteiger partial charge on any atom is -0.481 e. The normalized spacial score (nSPS) is 11.6. The Labute approximate surface area is 184 Å². The Morgan fingerprint density at radius 3 is 2.50 bits per heavy atom. The van der Waals surface area contributed by atoms with Crippen LogP contribution >= 0.6 is 12.2 Å². The number of anilines is 1. The van der Waals surface area contributed by atoms with E-state index < -0.39 is 29.4 Å². The summed E-state index contributed by atoms with van der Waals surface area (Å²) in [6.07, 6.45) is 0.887. The Balaban J connectivity index is 1.63. The standard InChI is InChI=1S/C19H18N6O6S/c26-13(27)6-5-12(18(30)31)23-16(28)9-1-3-10(4-2-9)20-7-11-8-21-15-14(22-11)17(29)25-19(32)24-15/h1-4,8,12,20H,5-7H2,(H,23,28)(H,26,27)(H,30,31)(H2,21,24,25,29,32)/t12-/m0/s1. The number of nitrogens with one attached hydrogen (secondary N) is 4. The molecular weight excluding hydrogens is 440 g/mol. The van der Waals surface area contributed by atoms with Crippen molar-refractivity contribution in [3.05, 3.63) is 56.8 Å². The maximum absolute atomic E-state index is 12.3. The number of aromatic nitrogens is 4. The Hall–Kier alpha value is -4.13. The SMILES string of the molecule is O=C(O)CC[C@H](NC(=O)c1ccc(NCc2cnc3[nH]c(=S)[nH]c(=O)c3n2)cc1)C(=O)O. The molecule has 0 aliphatic rings. The number of benzene rings is 1. The summed E-state index contributed by atoms with van der Waals surface area (Å²) in [7, 11) is 0. The minimum atomic E-state index is -1.31. The van der Waals surface area contributed by atoms with Crippen LogP contribution in [0.4, 0.5) is 5.69 Å². The number of carbonyl (C=O) groups excluding carboxylic acids is 1. The zero-order valence-corrected chi connectivity index (χ0v) is 17.2. The molecule has 0 fully saturated rings. The highest BCUT2D eigenvalue weighted by Crippen LogP contribution is 2.12. The summed E-state index contributed by atoms with van der Waals surface area (Å²) >= 11 is 4.89. The Morgan fingerprint density at radius 1 is 1.12 bits per heavy atom. The molecule has 2 heterocycles. The van der Waals surface area contributed by atoms with E-state index in [0.717, 1.165) is 0 Å². The van der Waals surface area contributed by atoms with Crippen LogP contribution in [-0.4, -0.2) is 54.0 Å². The van der Waals surface area contributed by atoms with E-state index in [0.29, 0.717) is 11.4 Å². The van der Waals surface area contributed by atoms with Gasteiger partial charge in [0, 0.05) is 17.7 Å². The number of H-pyrrole nitrogens is 2. The van der Waals surface area contributed by atoms with Gasteiger partial charge >= 0.3 is 11.9 Å². The Kier molecular flexibility index (Phi) is 6.90. The molecule has 1 aromatic carbocycles. The lowest BCUT2D eigenvalue weighted by Gasteiger charge is -2.14. The van der Waals surface area contributed by atoms with Crippen molar-refractivity contribution in [2.24, 2.45) is 0 Å². The molecule has 0 aliphatic heterocycles. The van der Waals surface area contributed by atoms with Crippen LogP contribution in [0, 0.1) is 4.77 Å². The quantitative estimate of drug-likeness (QED) is 0.253. The summed E-state index contributed by atoms with van der Waals surface area (Å²) in [6.45, 7) is 0.250. The van der Waals surface area contributed by atoms with Crippen LogP contribution < -0.4 is 16.2 Å². The third kappa shape index (κ3) is 5.72. The summed E-state index contributed by atoms with van der Waals surface area (Å²) in [5, 5.41) is 23.2. The number of aliphatic carboxylic acids is 2. The van der Waals surface area contributed by atoms with Crippen LogP contribution in [0.3, 0.4) is 0 Å². The van der Waals surface area contributed by atoms with Crippen LogP contribution in [0.15, 0.2) is 35.3 Å². The maximum atomic E-state index is 12.3. The van der Waals surface area contributed by atoms with Crippen molar-refractivity contribution in [2.45, 2.75) is 25.4 Å². The van der Waals surface area contributed by atoms with Crippen LogP contribution in [0.25, 0.3) is 11.2 Å². The second-order valence-electron chi connectivity index (χ2n) is 6.69. The highest BCUT2D eigenvalue weighted by Gasteiger charge is 2.21. The highest BCUT2D eigenvalue weighted by atomic mass is 32.1. The van der Waals surface area contributed by atoms with Gasteiger partial charge in [0.05, 0.1) is 18.4 Å². The molecule has 0 radical (unpaired) electrons. The third-order valence-electron chi connectivity index (χ3n) is 4.37. The van der Waals surface area contributed by atoms with Gasteiger partial charge in [-0.3, -0.25) is 19.4 Å². The fraction of sp³-hybridized carbons (Fsp3) is 0.211. The van der Waals surface area contributed by atoms with Crippen molar-refractivity contribution in [2.75, 3.05) is 5.32 Å². The lowest BCUT2D eigenvalue weighted by molar-refractivity contribution is -0.140. The first-order chi connectivity index (χ1) is 15.2. The second kappa shape index (κ2) is 9.78. The highest BCUT2D eigenvalue weighted by molar-refractivity contribution is 7.71. The number of rotatable bonds is 9. The molecule has 3 aromatic rings. The molecule has 0 saturated carbocycles. The van der Waals surface area contributed by atoms with E-state index >= 15 is 0 Å². The van der Waals surface area contributed by atoms with Gasteiger partial charge in [0.1, 0.15) is 6.04 Å². The van der Waals surface area contributed by atoms with Gasteiger partial charge in [-0.1, -0.05) is 0 Å². The average Bonchev–Trinajstić information content (AvgIpc) is 2.75. The monoisotopic (exact) mass is 458 g/mol. The molecule has 13 heteroatoms. The molecule has 3 rings (SSSR count). The Bertz CT molecular complexity index is 1290. The van der Waals surface area contributed by atoms with E-state index in [1.165, 1.54) is 18.3 Å². The van der Waals surface area contributed by atoms with Crippen LogP contribution in [0.2, 0.25) is 0 Å². The van der Waals surface area contributed by atoms with Gasteiger partial charge in [0.25, 0.3) is 11.5 Å². The predicted octanol–water partition coefficient (Wildman–Crippen LogP) is 1.04. The van der Waals surface area contributed by atoms with Crippen molar-refractivity contribution >= 4 is 46.9 Å². The summed E-state index contributed by atoms with van der Waals surface area (Å²) in [5.74, 6) is -3.09. The molecule has 0 aliphatic carbocycles. The van der Waals surface area contributed by atoms with E-state index in [1.54, 1.807) is 12.1 Å². The number of carbonyl (C=O) groups is 3. The number of fused-ring (bicyclic) bond motifs is 1. The minimum absolute atomic E-state index is 0.126. The molecule has 1 amide bonds. The van der Waals surface area contributed by atoms with E-state index in [-0.39, 0.29) is 40.9 Å². The van der Waals surface area contributed by atoms with E-state index in [9.17, 15) is 19.2 Å². The van der Waals surface area contributed by atoms with Crippen LogP contribution in [-0.2, 0) is 16.1 Å². The summed E-state index contributed by atoms with van der Waals surface area (Å²) in [4.78, 5) is 59.6. The van der Waals surface area contributed by atoms with Crippen molar-refractivity contribution in [3.8, 4) is 0 Å². The molecule has 1 atom stereocenters. The first kappa shape index (κ1) is 22.6. The van der Waals surface area contributed by atoms with Gasteiger partial charge < -0.3 is 25.8 Å². The zero-order valence-electron chi connectivity index (χ0n) is 16.4. The molecule has 166 valence electrons. The maximum Gasteiger partial charge on any atom is 0.326 e. The summed E-state index contributed by atoms with van der Waals surface area (Å²) in [5.41, 5.74) is 1.31. The number of hydrogen-bond donors (Lipinski definition) is 6. The number of carboxylic acid groups (broad SMARTS) is 2. The van der Waals surface area contributed by atoms with E-state index in [1.807, 2.05) is 0 Å². The fourth-order valence-corrected chi connectivity index (χ4v) is 2.95. The number of hydrogen-bond acceptors (Lipinski definition) is 8. The van der Waals surface area contributed by atoms with E-state index in [2.05, 4.69) is 30.6 Å². The lowest BCUT2D eigenvalue weighted by Crippen LogP contribution is -2.41. The predicted molar refractivity (Wildman–Crippen MR) is 115 cm³/mol. The van der Waals surface area contributed by atoms with Gasteiger partial charge in [-0.15, -0.1) is 0 Å². The number of aromatic amines is 2. The lowest BCUT2D eigenvalue weighted by atomic mass is 10.1. The number of carboxylic acids is 2. The number of amides is 1. The molecule has 12 nitrogen and oxygen atoms in total. The molecule has 2 aromatic heterocycles. The second-order valence-corrected chi connectivity index (χ2v) is 7.10. The largest absolute Gasteiger partial charge is 0.481 e.